The van der Waals surface area contributed by atoms with Gasteiger partial charge in [-0.2, -0.15) is 0 Å². The number of methoxy groups -OCH3 is 1. The Morgan fingerprint density at radius 3 is 2.29 bits per heavy atom. The van der Waals surface area contributed by atoms with Crippen LogP contribution in [-0.4, -0.2) is 48.2 Å². The summed E-state index contributed by atoms with van der Waals surface area (Å²) >= 11 is 0. The number of amides is 2. The number of carboxylic acids is 1. The summed E-state index contributed by atoms with van der Waals surface area (Å²) < 4.78 is 26.1. The largest absolute Gasteiger partial charge is 0.496 e. The van der Waals surface area contributed by atoms with Crippen molar-refractivity contribution in [2.45, 2.75) is 90.8 Å². The number of benzene rings is 1. The summed E-state index contributed by atoms with van der Waals surface area (Å²) in [6.07, 6.45) is 4.44. The Morgan fingerprint density at radius 2 is 1.68 bits per heavy atom. The molecular weight excluding hydrogens is 491 g/mol. The number of halogens is 1. The predicted octanol–water partition coefficient (Wildman–Crippen LogP) is 4.55. The smallest absolute Gasteiger partial charge is 0.306 e. The average molecular weight is 533 g/mol. The highest BCUT2D eigenvalue weighted by Gasteiger charge is 2.51. The van der Waals surface area contributed by atoms with Crippen LogP contribution in [0.1, 0.15) is 83.0 Å². The van der Waals surface area contributed by atoms with E-state index in [1.54, 1.807) is 0 Å². The fourth-order valence-electron chi connectivity index (χ4n) is 6.21. The van der Waals surface area contributed by atoms with Crippen LogP contribution in [0.15, 0.2) is 12.1 Å². The van der Waals surface area contributed by atoms with E-state index in [2.05, 4.69) is 31.4 Å². The molecule has 8 nitrogen and oxygen atoms in total. The fourth-order valence-corrected chi connectivity index (χ4v) is 6.21. The fraction of sp³-hybridized carbons (Fsp3) is 0.690. The number of carbonyl (C=O) groups is 3. The van der Waals surface area contributed by atoms with Gasteiger partial charge in [-0.1, -0.05) is 20.8 Å². The molecule has 9 heteroatoms. The molecule has 0 radical (unpaired) electrons. The number of aliphatic carboxylic acids is 1. The van der Waals surface area contributed by atoms with Gasteiger partial charge in [-0.05, 0) is 75.2 Å². The SMILES string of the molecule is COc1cc(F)c(OC2CCC(C(=O)O)CC2)cc1C(=O)N[C@@H]1[C@H]2CC[C@H](C2)[C@@H]1C(=O)N[C@@H](C)C(C)(C)C. The molecule has 3 aliphatic rings. The highest BCUT2D eigenvalue weighted by molar-refractivity contribution is 5.98. The molecule has 2 bridgehead atoms. The third-order valence-corrected chi connectivity index (χ3v) is 8.99. The van der Waals surface area contributed by atoms with Crippen LogP contribution in [0.3, 0.4) is 0 Å². The molecule has 1 aromatic carbocycles. The molecule has 3 saturated carbocycles. The summed E-state index contributed by atoms with van der Waals surface area (Å²) in [4.78, 5) is 38.1. The first-order chi connectivity index (χ1) is 17.9. The van der Waals surface area contributed by atoms with Gasteiger partial charge in [0.2, 0.25) is 5.91 Å². The Balaban J connectivity index is 1.49. The standard InChI is InChI=1S/C29H41FN2O6/c1-15(29(2,3)4)31-27(34)24-17-6-7-18(12-17)25(24)32-26(33)20-13-23(21(30)14-22(20)37-5)38-19-10-8-16(9-11-19)28(35)36/h13-19,24-25H,6-12H2,1-5H3,(H,31,34)(H,32,33)(H,35,36)/t15-,16?,17+,18-,19?,24-,25+/m0/s1. The summed E-state index contributed by atoms with van der Waals surface area (Å²) in [5, 5.41) is 15.5. The number of hydrogen-bond donors (Lipinski definition) is 3. The number of nitrogens with one attached hydrogen (secondary N) is 2. The zero-order chi connectivity index (χ0) is 27.8. The van der Waals surface area contributed by atoms with E-state index in [1.807, 2.05) is 6.92 Å². The van der Waals surface area contributed by atoms with Gasteiger partial charge in [0.1, 0.15) is 5.75 Å². The highest BCUT2D eigenvalue weighted by atomic mass is 19.1. The molecule has 3 aliphatic carbocycles. The number of carboxylic acid groups (broad SMARTS) is 1. The Bertz CT molecular complexity index is 1060. The van der Waals surface area contributed by atoms with Crippen molar-refractivity contribution in [1.29, 1.82) is 0 Å². The molecule has 1 aromatic rings. The number of carbonyl (C=O) groups excluding carboxylic acids is 2. The second-order valence-electron chi connectivity index (χ2n) is 12.4. The first kappa shape index (κ1) is 28.2. The van der Waals surface area contributed by atoms with Crippen LogP contribution >= 0.6 is 0 Å². The van der Waals surface area contributed by atoms with Crippen LogP contribution in [0.2, 0.25) is 0 Å². The Labute approximate surface area is 224 Å². The molecule has 210 valence electrons. The van der Waals surface area contributed by atoms with Gasteiger partial charge in [0.25, 0.3) is 5.91 Å². The van der Waals surface area contributed by atoms with E-state index in [1.165, 1.54) is 13.2 Å². The van der Waals surface area contributed by atoms with E-state index in [0.29, 0.717) is 25.7 Å². The quantitative estimate of drug-likeness (QED) is 0.453. The van der Waals surface area contributed by atoms with Crippen molar-refractivity contribution >= 4 is 17.8 Å². The van der Waals surface area contributed by atoms with Crippen LogP contribution in [0, 0.1) is 34.9 Å². The molecular formula is C29H41FN2O6. The van der Waals surface area contributed by atoms with Crippen molar-refractivity contribution in [1.82, 2.24) is 10.6 Å². The Hall–Kier alpha value is -2.84. The number of rotatable bonds is 8. The van der Waals surface area contributed by atoms with E-state index in [0.717, 1.165) is 25.3 Å². The minimum Gasteiger partial charge on any atom is -0.496 e. The predicted molar refractivity (Wildman–Crippen MR) is 140 cm³/mol. The highest BCUT2D eigenvalue weighted by Crippen LogP contribution is 2.49. The first-order valence-corrected chi connectivity index (χ1v) is 13.8. The summed E-state index contributed by atoms with van der Waals surface area (Å²) in [5.74, 6) is -2.17. The van der Waals surface area contributed by atoms with Gasteiger partial charge in [-0.15, -0.1) is 0 Å². The second-order valence-corrected chi connectivity index (χ2v) is 12.4. The molecule has 2 amide bonds. The lowest BCUT2D eigenvalue weighted by molar-refractivity contribution is -0.143. The van der Waals surface area contributed by atoms with E-state index in [4.69, 9.17) is 9.47 Å². The van der Waals surface area contributed by atoms with Crippen LogP contribution in [0.4, 0.5) is 4.39 Å². The van der Waals surface area contributed by atoms with Crippen LogP contribution in [0.25, 0.3) is 0 Å². The topological polar surface area (TPSA) is 114 Å². The molecule has 3 fully saturated rings. The number of ether oxygens (including phenoxy) is 2. The molecule has 0 spiro atoms. The first-order valence-electron chi connectivity index (χ1n) is 13.8. The minimum absolute atomic E-state index is 0.0204. The van der Waals surface area contributed by atoms with Gasteiger partial charge >= 0.3 is 5.97 Å². The molecule has 4 rings (SSSR count). The van der Waals surface area contributed by atoms with Crippen LogP contribution in [-0.2, 0) is 9.59 Å². The van der Waals surface area contributed by atoms with E-state index in [-0.39, 0.29) is 64.3 Å². The van der Waals surface area contributed by atoms with Crippen molar-refractivity contribution in [3.05, 3.63) is 23.5 Å². The van der Waals surface area contributed by atoms with Gasteiger partial charge < -0.3 is 25.2 Å². The maximum Gasteiger partial charge on any atom is 0.306 e. The number of hydrogen-bond acceptors (Lipinski definition) is 5. The minimum atomic E-state index is -0.821. The third-order valence-electron chi connectivity index (χ3n) is 8.99. The van der Waals surface area contributed by atoms with E-state index in [9.17, 15) is 23.9 Å². The van der Waals surface area contributed by atoms with Crippen LogP contribution in [0.5, 0.6) is 11.5 Å². The zero-order valence-corrected chi connectivity index (χ0v) is 23.0. The van der Waals surface area contributed by atoms with Crippen molar-refractivity contribution in [2.24, 2.45) is 29.1 Å². The molecule has 3 N–H and O–H groups in total. The lowest BCUT2D eigenvalue weighted by atomic mass is 9.82. The van der Waals surface area contributed by atoms with Crippen molar-refractivity contribution < 1.29 is 33.4 Å². The Kier molecular flexibility index (Phi) is 8.23. The molecule has 0 heterocycles. The lowest BCUT2D eigenvalue weighted by Gasteiger charge is -2.34. The van der Waals surface area contributed by atoms with E-state index >= 15 is 0 Å². The average Bonchev–Trinajstić information content (AvgIpc) is 3.46. The zero-order valence-electron chi connectivity index (χ0n) is 23.0. The van der Waals surface area contributed by atoms with Crippen LogP contribution < -0.4 is 20.1 Å². The maximum atomic E-state index is 14.9. The second kappa shape index (κ2) is 11.1. The number of fused-ring (bicyclic) bond motifs is 2. The normalized spacial score (nSPS) is 29.4. The monoisotopic (exact) mass is 532 g/mol. The van der Waals surface area contributed by atoms with Gasteiger partial charge in [-0.3, -0.25) is 14.4 Å². The molecule has 0 unspecified atom stereocenters. The van der Waals surface area contributed by atoms with E-state index < -0.39 is 23.6 Å². The van der Waals surface area contributed by atoms with Gasteiger partial charge in [0.05, 0.1) is 30.6 Å². The van der Waals surface area contributed by atoms with Crippen molar-refractivity contribution in [3.63, 3.8) is 0 Å². The van der Waals surface area contributed by atoms with Gasteiger partial charge in [-0.25, -0.2) is 4.39 Å². The summed E-state index contributed by atoms with van der Waals surface area (Å²) in [7, 11) is 1.38. The molecule has 0 aliphatic heterocycles. The lowest BCUT2D eigenvalue weighted by Crippen LogP contribution is -2.52. The summed E-state index contributed by atoms with van der Waals surface area (Å²) in [6.45, 7) is 8.24. The van der Waals surface area contributed by atoms with Gasteiger partial charge in [0, 0.05) is 18.2 Å². The summed E-state index contributed by atoms with van der Waals surface area (Å²) in [6, 6.07) is 2.17. The summed E-state index contributed by atoms with van der Waals surface area (Å²) in [5.41, 5.74) is 0.0599. The molecule has 38 heavy (non-hydrogen) atoms. The molecule has 0 saturated heterocycles. The maximum absolute atomic E-state index is 14.9. The van der Waals surface area contributed by atoms with Crippen molar-refractivity contribution in [3.8, 4) is 11.5 Å². The van der Waals surface area contributed by atoms with Gasteiger partial charge in [0.15, 0.2) is 11.6 Å². The van der Waals surface area contributed by atoms with Crippen molar-refractivity contribution in [2.75, 3.05) is 7.11 Å². The third kappa shape index (κ3) is 5.91. The molecule has 5 atom stereocenters. The molecule has 0 aromatic heterocycles. The Morgan fingerprint density at radius 1 is 1.03 bits per heavy atom.